The summed E-state index contributed by atoms with van der Waals surface area (Å²) in [6.07, 6.45) is 3.01. The van der Waals surface area contributed by atoms with Crippen molar-refractivity contribution in [1.82, 2.24) is 0 Å². The molecule has 0 aromatic heterocycles. The van der Waals surface area contributed by atoms with Gasteiger partial charge in [-0.05, 0) is 37.7 Å². The zero-order valence-corrected chi connectivity index (χ0v) is 8.38. The molecule has 0 aromatic rings. The normalized spacial score (nSPS) is 20.1. The van der Waals surface area contributed by atoms with Crippen LogP contribution >= 0.6 is 0 Å². The summed E-state index contributed by atoms with van der Waals surface area (Å²) in [6.45, 7) is 2.09. The Balaban J connectivity index is 2.81. The maximum atomic E-state index is 8.89. The minimum atomic E-state index is 0.148. The van der Waals surface area contributed by atoms with E-state index in [1.807, 2.05) is 6.92 Å². The van der Waals surface area contributed by atoms with Crippen molar-refractivity contribution >= 4 is 5.71 Å². The highest BCUT2D eigenvalue weighted by molar-refractivity contribution is 5.98. The standard InChI is InChI=1S/C10H18N2O/c1-7(12-2)9(5-6-13)10(11)8-3-4-8/h8,13H,3-6,11H2,1-2H3. The lowest BCUT2D eigenvalue weighted by Crippen LogP contribution is -2.12. The van der Waals surface area contributed by atoms with Gasteiger partial charge in [-0.3, -0.25) is 4.99 Å². The third kappa shape index (κ3) is 2.56. The Morgan fingerprint density at radius 1 is 1.54 bits per heavy atom. The van der Waals surface area contributed by atoms with Gasteiger partial charge in [-0.2, -0.15) is 0 Å². The molecule has 1 saturated carbocycles. The molecule has 0 saturated heterocycles. The van der Waals surface area contributed by atoms with Gasteiger partial charge in [0.2, 0.25) is 0 Å². The molecule has 3 heteroatoms. The molecule has 1 fully saturated rings. The molecular formula is C10H18N2O. The van der Waals surface area contributed by atoms with E-state index >= 15 is 0 Å². The van der Waals surface area contributed by atoms with E-state index in [0.717, 1.165) is 17.0 Å². The van der Waals surface area contributed by atoms with E-state index in [1.165, 1.54) is 12.8 Å². The predicted molar refractivity (Wildman–Crippen MR) is 54.7 cm³/mol. The van der Waals surface area contributed by atoms with Crippen LogP contribution in [0.3, 0.4) is 0 Å². The van der Waals surface area contributed by atoms with Crippen LogP contribution in [-0.4, -0.2) is 24.5 Å². The molecule has 1 aliphatic rings. The Hall–Kier alpha value is -0.830. The molecule has 0 spiro atoms. The molecule has 0 heterocycles. The van der Waals surface area contributed by atoms with Crippen molar-refractivity contribution in [3.63, 3.8) is 0 Å². The van der Waals surface area contributed by atoms with Gasteiger partial charge < -0.3 is 10.8 Å². The molecule has 0 radical (unpaired) electrons. The molecule has 0 atom stereocenters. The number of nitrogens with zero attached hydrogens (tertiary/aromatic N) is 1. The number of aliphatic hydroxyl groups is 1. The summed E-state index contributed by atoms with van der Waals surface area (Å²) in [5.41, 5.74) is 8.92. The second kappa shape index (κ2) is 4.42. The number of aliphatic imine (C=N–C) groups is 1. The van der Waals surface area contributed by atoms with Gasteiger partial charge in [0, 0.05) is 25.1 Å². The van der Waals surface area contributed by atoms with Crippen molar-refractivity contribution in [3.8, 4) is 0 Å². The van der Waals surface area contributed by atoms with Crippen LogP contribution in [0, 0.1) is 5.92 Å². The van der Waals surface area contributed by atoms with Crippen molar-refractivity contribution in [2.45, 2.75) is 26.2 Å². The van der Waals surface area contributed by atoms with Crippen molar-refractivity contribution in [3.05, 3.63) is 11.3 Å². The third-order valence-corrected chi connectivity index (χ3v) is 2.50. The summed E-state index contributed by atoms with van der Waals surface area (Å²) in [4.78, 5) is 4.11. The molecule has 3 nitrogen and oxygen atoms in total. The van der Waals surface area contributed by atoms with Gasteiger partial charge in [0.05, 0.1) is 0 Å². The Labute approximate surface area is 79.4 Å². The maximum absolute atomic E-state index is 8.89. The van der Waals surface area contributed by atoms with Crippen molar-refractivity contribution in [1.29, 1.82) is 0 Å². The number of hydrogen-bond acceptors (Lipinski definition) is 3. The van der Waals surface area contributed by atoms with Gasteiger partial charge in [-0.15, -0.1) is 0 Å². The average molecular weight is 182 g/mol. The lowest BCUT2D eigenvalue weighted by Gasteiger charge is -2.09. The minimum Gasteiger partial charge on any atom is -0.402 e. The van der Waals surface area contributed by atoms with E-state index in [1.54, 1.807) is 7.05 Å². The summed E-state index contributed by atoms with van der Waals surface area (Å²) in [7, 11) is 1.76. The smallest absolute Gasteiger partial charge is 0.0472 e. The Morgan fingerprint density at radius 2 is 2.15 bits per heavy atom. The van der Waals surface area contributed by atoms with Crippen LogP contribution in [0.4, 0.5) is 0 Å². The second-order valence-corrected chi connectivity index (χ2v) is 3.49. The fourth-order valence-electron chi connectivity index (χ4n) is 1.42. The number of allylic oxidation sites excluding steroid dienone is 1. The number of aliphatic hydroxyl groups excluding tert-OH is 1. The van der Waals surface area contributed by atoms with Gasteiger partial charge >= 0.3 is 0 Å². The summed E-state index contributed by atoms with van der Waals surface area (Å²) in [6, 6.07) is 0. The van der Waals surface area contributed by atoms with Crippen LogP contribution in [0.2, 0.25) is 0 Å². The largest absolute Gasteiger partial charge is 0.402 e. The lowest BCUT2D eigenvalue weighted by atomic mass is 10.0. The molecule has 1 aliphatic carbocycles. The third-order valence-electron chi connectivity index (χ3n) is 2.50. The molecule has 1 rings (SSSR count). The van der Waals surface area contributed by atoms with E-state index in [9.17, 15) is 0 Å². The lowest BCUT2D eigenvalue weighted by molar-refractivity contribution is 0.300. The molecular weight excluding hydrogens is 164 g/mol. The minimum absolute atomic E-state index is 0.148. The van der Waals surface area contributed by atoms with E-state index < -0.39 is 0 Å². The van der Waals surface area contributed by atoms with Gasteiger partial charge in [0.25, 0.3) is 0 Å². The van der Waals surface area contributed by atoms with Crippen LogP contribution in [0.15, 0.2) is 16.3 Å². The summed E-state index contributed by atoms with van der Waals surface area (Å²) >= 11 is 0. The first-order valence-electron chi connectivity index (χ1n) is 4.73. The highest BCUT2D eigenvalue weighted by Gasteiger charge is 2.26. The van der Waals surface area contributed by atoms with Gasteiger partial charge in [-0.25, -0.2) is 0 Å². The van der Waals surface area contributed by atoms with Gasteiger partial charge in [-0.1, -0.05) is 0 Å². The fraction of sp³-hybridized carbons (Fsp3) is 0.700. The van der Waals surface area contributed by atoms with Crippen LogP contribution in [0.25, 0.3) is 0 Å². The Bertz CT molecular complexity index is 239. The molecule has 0 aromatic carbocycles. The molecule has 0 amide bonds. The molecule has 74 valence electrons. The quantitative estimate of drug-likeness (QED) is 0.639. The molecule has 0 unspecified atom stereocenters. The van der Waals surface area contributed by atoms with E-state index in [0.29, 0.717) is 12.3 Å². The maximum Gasteiger partial charge on any atom is 0.0472 e. The van der Waals surface area contributed by atoms with E-state index in [4.69, 9.17) is 10.8 Å². The highest BCUT2D eigenvalue weighted by Crippen LogP contribution is 2.35. The van der Waals surface area contributed by atoms with Crippen LogP contribution in [0.1, 0.15) is 26.2 Å². The van der Waals surface area contributed by atoms with E-state index in [2.05, 4.69) is 4.99 Å². The summed E-state index contributed by atoms with van der Waals surface area (Å²) in [5.74, 6) is 0.554. The molecule has 0 aliphatic heterocycles. The molecule has 13 heavy (non-hydrogen) atoms. The first kappa shape index (κ1) is 10.3. The van der Waals surface area contributed by atoms with Gasteiger partial charge in [0.15, 0.2) is 0 Å². The zero-order valence-electron chi connectivity index (χ0n) is 8.38. The highest BCUT2D eigenvalue weighted by atomic mass is 16.2. The van der Waals surface area contributed by atoms with Crippen LogP contribution in [-0.2, 0) is 0 Å². The predicted octanol–water partition coefficient (Wildman–Crippen LogP) is 1.08. The Kier molecular flexibility index (Phi) is 3.48. The molecule has 0 bridgehead atoms. The van der Waals surface area contributed by atoms with Crippen molar-refractivity contribution in [2.24, 2.45) is 16.6 Å². The van der Waals surface area contributed by atoms with Crippen molar-refractivity contribution in [2.75, 3.05) is 13.7 Å². The average Bonchev–Trinajstić information content (AvgIpc) is 2.95. The fourth-order valence-corrected chi connectivity index (χ4v) is 1.42. The second-order valence-electron chi connectivity index (χ2n) is 3.49. The first-order chi connectivity index (χ1) is 6.20. The van der Waals surface area contributed by atoms with Crippen molar-refractivity contribution < 1.29 is 5.11 Å². The Morgan fingerprint density at radius 3 is 2.54 bits per heavy atom. The van der Waals surface area contributed by atoms with E-state index in [-0.39, 0.29) is 6.61 Å². The molecule has 3 N–H and O–H groups in total. The monoisotopic (exact) mass is 182 g/mol. The SMILES string of the molecule is CN=C(C)C(CCO)=C(N)C1CC1. The zero-order chi connectivity index (χ0) is 9.84. The van der Waals surface area contributed by atoms with Gasteiger partial charge in [0.1, 0.15) is 0 Å². The first-order valence-corrected chi connectivity index (χ1v) is 4.73. The van der Waals surface area contributed by atoms with Crippen LogP contribution in [0.5, 0.6) is 0 Å². The summed E-state index contributed by atoms with van der Waals surface area (Å²) < 4.78 is 0. The topological polar surface area (TPSA) is 58.6 Å². The summed E-state index contributed by atoms with van der Waals surface area (Å²) in [5, 5.41) is 8.89. The van der Waals surface area contributed by atoms with Crippen LogP contribution < -0.4 is 5.73 Å². The number of nitrogens with two attached hydrogens (primary N) is 1. The number of rotatable bonds is 4. The number of hydrogen-bond donors (Lipinski definition) is 2.